The SMILES string of the molecule is COc1ccc(OC)c([C@@H]2CCCN2C(=O)CSc2nnc(C3CC3)n2CCC(N)=O)c1. The molecule has 9 nitrogen and oxygen atoms in total. The molecule has 2 amide bonds. The van der Waals surface area contributed by atoms with E-state index in [4.69, 9.17) is 15.2 Å². The Bertz CT molecular complexity index is 991. The first kappa shape index (κ1) is 22.4. The van der Waals surface area contributed by atoms with Crippen LogP contribution in [0, 0.1) is 0 Å². The lowest BCUT2D eigenvalue weighted by atomic mass is 10.0. The molecule has 1 atom stereocenters. The Morgan fingerprint density at radius 3 is 2.69 bits per heavy atom. The number of rotatable bonds is 10. The predicted molar refractivity (Wildman–Crippen MR) is 120 cm³/mol. The maximum Gasteiger partial charge on any atom is 0.233 e. The van der Waals surface area contributed by atoms with Crippen LogP contribution in [0.5, 0.6) is 11.5 Å². The predicted octanol–water partition coefficient (Wildman–Crippen LogP) is 2.50. The Labute approximate surface area is 191 Å². The van der Waals surface area contributed by atoms with Crippen LogP contribution in [0.4, 0.5) is 0 Å². The van der Waals surface area contributed by atoms with Crippen molar-refractivity contribution in [1.82, 2.24) is 19.7 Å². The van der Waals surface area contributed by atoms with Crippen molar-refractivity contribution in [3.05, 3.63) is 29.6 Å². The number of ether oxygens (including phenoxy) is 2. The average Bonchev–Trinajstić information content (AvgIpc) is 3.37. The van der Waals surface area contributed by atoms with Crippen molar-refractivity contribution in [1.29, 1.82) is 0 Å². The van der Waals surface area contributed by atoms with E-state index in [0.29, 0.717) is 24.2 Å². The van der Waals surface area contributed by atoms with Crippen molar-refractivity contribution in [2.45, 2.75) is 55.8 Å². The molecule has 1 aliphatic heterocycles. The summed E-state index contributed by atoms with van der Waals surface area (Å²) in [6.07, 6.45) is 4.19. The molecule has 0 unspecified atom stereocenters. The zero-order valence-corrected chi connectivity index (χ0v) is 19.3. The molecule has 172 valence electrons. The second-order valence-electron chi connectivity index (χ2n) is 8.12. The molecule has 2 N–H and O–H groups in total. The molecule has 1 aliphatic carbocycles. The Kier molecular flexibility index (Phi) is 6.88. The third-order valence-electron chi connectivity index (χ3n) is 5.96. The smallest absolute Gasteiger partial charge is 0.233 e. The number of methoxy groups -OCH3 is 2. The van der Waals surface area contributed by atoms with Gasteiger partial charge in [-0.1, -0.05) is 11.8 Å². The summed E-state index contributed by atoms with van der Waals surface area (Å²) in [7, 11) is 3.27. The van der Waals surface area contributed by atoms with Gasteiger partial charge in [-0.3, -0.25) is 9.59 Å². The van der Waals surface area contributed by atoms with Crippen molar-refractivity contribution < 1.29 is 19.1 Å². The van der Waals surface area contributed by atoms with E-state index in [1.165, 1.54) is 11.8 Å². The Morgan fingerprint density at radius 2 is 2.00 bits per heavy atom. The zero-order valence-electron chi connectivity index (χ0n) is 18.5. The number of nitrogens with two attached hydrogens (primary N) is 1. The van der Waals surface area contributed by atoms with E-state index in [1.807, 2.05) is 27.7 Å². The monoisotopic (exact) mass is 459 g/mol. The van der Waals surface area contributed by atoms with E-state index in [9.17, 15) is 9.59 Å². The highest BCUT2D eigenvalue weighted by Crippen LogP contribution is 2.41. The number of hydrogen-bond acceptors (Lipinski definition) is 7. The van der Waals surface area contributed by atoms with Crippen molar-refractivity contribution in [2.75, 3.05) is 26.5 Å². The fourth-order valence-electron chi connectivity index (χ4n) is 4.18. The lowest BCUT2D eigenvalue weighted by Gasteiger charge is -2.26. The average molecular weight is 460 g/mol. The fourth-order valence-corrected chi connectivity index (χ4v) is 5.04. The second kappa shape index (κ2) is 9.81. The molecule has 0 spiro atoms. The van der Waals surface area contributed by atoms with Crippen LogP contribution < -0.4 is 15.2 Å². The van der Waals surface area contributed by atoms with Gasteiger partial charge in [-0.25, -0.2) is 0 Å². The summed E-state index contributed by atoms with van der Waals surface area (Å²) in [5.41, 5.74) is 6.30. The normalized spacial score (nSPS) is 18.1. The maximum atomic E-state index is 13.2. The highest BCUT2D eigenvalue weighted by molar-refractivity contribution is 7.99. The van der Waals surface area contributed by atoms with E-state index in [1.54, 1.807) is 14.2 Å². The molecular formula is C22H29N5O4S. The van der Waals surface area contributed by atoms with E-state index in [-0.39, 0.29) is 30.0 Å². The molecular weight excluding hydrogens is 430 g/mol. The van der Waals surface area contributed by atoms with E-state index in [2.05, 4.69) is 10.2 Å². The summed E-state index contributed by atoms with van der Waals surface area (Å²) in [5.74, 6) is 2.71. The molecule has 2 aromatic rings. The van der Waals surface area contributed by atoms with Crippen molar-refractivity contribution >= 4 is 23.6 Å². The van der Waals surface area contributed by atoms with Crippen LogP contribution in [0.1, 0.15) is 55.5 Å². The first-order valence-corrected chi connectivity index (χ1v) is 11.9. The minimum Gasteiger partial charge on any atom is -0.497 e. The van der Waals surface area contributed by atoms with Crippen molar-refractivity contribution in [2.24, 2.45) is 5.73 Å². The Hall–Kier alpha value is -2.75. The van der Waals surface area contributed by atoms with Gasteiger partial charge in [0.2, 0.25) is 11.8 Å². The van der Waals surface area contributed by atoms with Crippen LogP contribution in [0.3, 0.4) is 0 Å². The first-order chi connectivity index (χ1) is 15.5. The Balaban J connectivity index is 1.47. The number of carbonyl (C=O) groups excluding carboxylic acids is 2. The van der Waals surface area contributed by atoms with Gasteiger partial charge in [0.1, 0.15) is 17.3 Å². The highest BCUT2D eigenvalue weighted by Gasteiger charge is 2.33. The number of benzene rings is 1. The third kappa shape index (κ3) is 4.85. The van der Waals surface area contributed by atoms with Gasteiger partial charge < -0.3 is 24.7 Å². The molecule has 1 aromatic carbocycles. The van der Waals surface area contributed by atoms with Gasteiger partial charge >= 0.3 is 0 Å². The number of carbonyl (C=O) groups is 2. The van der Waals surface area contributed by atoms with Gasteiger partial charge in [0.15, 0.2) is 5.16 Å². The molecule has 2 fully saturated rings. The summed E-state index contributed by atoms with van der Waals surface area (Å²) < 4.78 is 12.9. The standard InChI is InChI=1S/C22H29N5O4S/c1-30-15-7-8-18(31-2)16(12-15)17-4-3-10-26(17)20(29)13-32-22-25-24-21(14-5-6-14)27(22)11-9-19(23)28/h7-8,12,14,17H,3-6,9-11,13H2,1-2H3,(H2,23,28)/t17-/m0/s1. The van der Waals surface area contributed by atoms with Crippen LogP contribution in [0.2, 0.25) is 0 Å². The largest absolute Gasteiger partial charge is 0.497 e. The summed E-state index contributed by atoms with van der Waals surface area (Å²) in [5, 5.41) is 9.28. The minimum atomic E-state index is -0.361. The molecule has 4 rings (SSSR count). The van der Waals surface area contributed by atoms with Crippen molar-refractivity contribution in [3.63, 3.8) is 0 Å². The number of thioether (sulfide) groups is 1. The molecule has 1 aromatic heterocycles. The van der Waals surface area contributed by atoms with Crippen LogP contribution in [0.25, 0.3) is 0 Å². The number of primary amides is 1. The van der Waals surface area contributed by atoms with Gasteiger partial charge in [-0.15, -0.1) is 10.2 Å². The van der Waals surface area contributed by atoms with Gasteiger partial charge in [0.25, 0.3) is 0 Å². The number of amides is 2. The molecule has 32 heavy (non-hydrogen) atoms. The highest BCUT2D eigenvalue weighted by atomic mass is 32.2. The molecule has 2 aliphatic rings. The number of likely N-dealkylation sites (tertiary alicyclic amines) is 1. The van der Waals surface area contributed by atoms with E-state index >= 15 is 0 Å². The summed E-state index contributed by atoms with van der Waals surface area (Å²) in [6, 6.07) is 5.63. The quantitative estimate of drug-likeness (QED) is 0.543. The molecule has 1 saturated heterocycles. The number of nitrogens with zero attached hydrogens (tertiary/aromatic N) is 4. The zero-order chi connectivity index (χ0) is 22.7. The summed E-state index contributed by atoms with van der Waals surface area (Å²) in [4.78, 5) is 26.4. The molecule has 10 heteroatoms. The third-order valence-corrected chi connectivity index (χ3v) is 6.92. The minimum absolute atomic E-state index is 0.0415. The van der Waals surface area contributed by atoms with Crippen LogP contribution in [0.15, 0.2) is 23.4 Å². The van der Waals surface area contributed by atoms with Crippen LogP contribution in [-0.2, 0) is 16.1 Å². The molecule has 0 radical (unpaired) electrons. The van der Waals surface area contributed by atoms with Crippen LogP contribution in [-0.4, -0.2) is 58.0 Å². The maximum absolute atomic E-state index is 13.2. The fraction of sp³-hybridized carbons (Fsp3) is 0.545. The van der Waals surface area contributed by atoms with Gasteiger partial charge in [0, 0.05) is 31.0 Å². The lowest BCUT2D eigenvalue weighted by molar-refractivity contribution is -0.129. The van der Waals surface area contributed by atoms with Gasteiger partial charge in [0.05, 0.1) is 26.0 Å². The lowest BCUT2D eigenvalue weighted by Crippen LogP contribution is -2.32. The van der Waals surface area contributed by atoms with Gasteiger partial charge in [-0.2, -0.15) is 0 Å². The van der Waals surface area contributed by atoms with Gasteiger partial charge in [-0.05, 0) is 43.9 Å². The van der Waals surface area contributed by atoms with Crippen LogP contribution >= 0.6 is 11.8 Å². The molecule has 0 bridgehead atoms. The first-order valence-electron chi connectivity index (χ1n) is 10.9. The topological polar surface area (TPSA) is 113 Å². The number of aromatic nitrogens is 3. The van der Waals surface area contributed by atoms with E-state index < -0.39 is 0 Å². The summed E-state index contributed by atoms with van der Waals surface area (Å²) >= 11 is 1.36. The second-order valence-corrected chi connectivity index (χ2v) is 9.07. The summed E-state index contributed by atoms with van der Waals surface area (Å²) in [6.45, 7) is 1.14. The molecule has 1 saturated carbocycles. The number of hydrogen-bond donors (Lipinski definition) is 1. The Morgan fingerprint density at radius 1 is 1.19 bits per heavy atom. The van der Waals surface area contributed by atoms with Crippen molar-refractivity contribution in [3.8, 4) is 11.5 Å². The molecule has 2 heterocycles. The van der Waals surface area contributed by atoms with E-state index in [0.717, 1.165) is 48.6 Å².